The quantitative estimate of drug-likeness (QED) is 0.433. The highest BCUT2D eigenvalue weighted by molar-refractivity contribution is 5.45. The highest BCUT2D eigenvalue weighted by Gasteiger charge is 2.09. The van der Waals surface area contributed by atoms with E-state index in [0.717, 1.165) is 30.8 Å². The average molecular weight is 387 g/mol. The first kappa shape index (κ1) is 21.9. The zero-order chi connectivity index (χ0) is 20.2. The molecule has 0 saturated heterocycles. The predicted molar refractivity (Wildman–Crippen MR) is 114 cm³/mol. The Kier molecular flexibility index (Phi) is 9.53. The van der Waals surface area contributed by atoms with Crippen molar-refractivity contribution in [1.29, 1.82) is 0 Å². The predicted octanol–water partition coefficient (Wildman–Crippen LogP) is 5.93. The van der Waals surface area contributed by atoms with Crippen LogP contribution < -0.4 is 14.2 Å². The fraction of sp³-hybridized carbons (Fsp3) is 0.500. The smallest absolute Gasteiger partial charge is 0.160 e. The van der Waals surface area contributed by atoms with Gasteiger partial charge in [-0.1, -0.05) is 44.2 Å². The molecule has 0 aliphatic carbocycles. The summed E-state index contributed by atoms with van der Waals surface area (Å²) in [4.78, 5) is 0. The van der Waals surface area contributed by atoms with Crippen molar-refractivity contribution in [3.63, 3.8) is 0 Å². The van der Waals surface area contributed by atoms with E-state index in [0.29, 0.717) is 5.75 Å². The summed E-state index contributed by atoms with van der Waals surface area (Å²) in [6.45, 7) is 0. The Hall–Kier alpha value is -2.36. The monoisotopic (exact) mass is 386 g/mol. The van der Waals surface area contributed by atoms with Crippen LogP contribution in [0.4, 0.5) is 0 Å². The summed E-state index contributed by atoms with van der Waals surface area (Å²) in [7, 11) is 5.02. The van der Waals surface area contributed by atoms with Gasteiger partial charge in [0.25, 0.3) is 0 Å². The van der Waals surface area contributed by atoms with Gasteiger partial charge in [-0.3, -0.25) is 0 Å². The Morgan fingerprint density at radius 2 is 1.18 bits per heavy atom. The molecule has 4 nitrogen and oxygen atoms in total. The maximum atomic E-state index is 9.64. The summed E-state index contributed by atoms with van der Waals surface area (Å²) in [5.41, 5.74) is 2.40. The molecular formula is C24H34O4. The molecule has 0 atom stereocenters. The minimum atomic E-state index is 0.206. The fourth-order valence-electron chi connectivity index (χ4n) is 3.57. The van der Waals surface area contributed by atoms with Crippen molar-refractivity contribution < 1.29 is 19.3 Å². The molecule has 0 aliphatic rings. The van der Waals surface area contributed by atoms with Gasteiger partial charge in [-0.2, -0.15) is 0 Å². The van der Waals surface area contributed by atoms with Gasteiger partial charge < -0.3 is 19.3 Å². The van der Waals surface area contributed by atoms with Gasteiger partial charge in [-0.15, -0.1) is 0 Å². The van der Waals surface area contributed by atoms with Crippen LogP contribution in [0, 0.1) is 0 Å². The standard InChI is InChI=1S/C24H34O4/c1-26-22-14-11-15-23(27-2)20(22)13-10-8-6-4-5-7-9-12-19-16-17-21(25)24(18-19)28-3/h11,14-18,25H,4-10,12-13H2,1-3H3. The van der Waals surface area contributed by atoms with E-state index in [-0.39, 0.29) is 5.75 Å². The van der Waals surface area contributed by atoms with Crippen molar-refractivity contribution in [1.82, 2.24) is 0 Å². The number of methoxy groups -OCH3 is 3. The van der Waals surface area contributed by atoms with Crippen LogP contribution in [-0.4, -0.2) is 26.4 Å². The van der Waals surface area contributed by atoms with Gasteiger partial charge in [0.15, 0.2) is 11.5 Å². The molecule has 0 amide bonds. The third kappa shape index (κ3) is 6.66. The number of unbranched alkanes of at least 4 members (excludes halogenated alkanes) is 6. The Bertz CT molecular complexity index is 689. The molecule has 0 radical (unpaired) electrons. The molecule has 0 unspecified atom stereocenters. The first-order valence-corrected chi connectivity index (χ1v) is 10.2. The third-order valence-corrected chi connectivity index (χ3v) is 5.17. The van der Waals surface area contributed by atoms with Crippen molar-refractivity contribution in [2.24, 2.45) is 0 Å². The lowest BCUT2D eigenvalue weighted by molar-refractivity contribution is 0.373. The van der Waals surface area contributed by atoms with E-state index >= 15 is 0 Å². The van der Waals surface area contributed by atoms with Crippen LogP contribution >= 0.6 is 0 Å². The van der Waals surface area contributed by atoms with Crippen LogP contribution in [0.5, 0.6) is 23.0 Å². The summed E-state index contributed by atoms with van der Waals surface area (Å²) in [6, 6.07) is 11.6. The summed E-state index contributed by atoms with van der Waals surface area (Å²) >= 11 is 0. The van der Waals surface area contributed by atoms with Crippen LogP contribution in [0.1, 0.15) is 56.1 Å². The molecule has 4 heteroatoms. The summed E-state index contributed by atoms with van der Waals surface area (Å²) in [6.07, 6.45) is 10.6. The van der Waals surface area contributed by atoms with Gasteiger partial charge in [0, 0.05) is 5.56 Å². The number of hydrogen-bond acceptors (Lipinski definition) is 4. The van der Waals surface area contributed by atoms with Crippen LogP contribution in [-0.2, 0) is 12.8 Å². The maximum absolute atomic E-state index is 9.64. The molecule has 2 aromatic carbocycles. The molecule has 28 heavy (non-hydrogen) atoms. The number of phenols is 1. The molecule has 154 valence electrons. The Morgan fingerprint density at radius 1 is 0.643 bits per heavy atom. The van der Waals surface area contributed by atoms with E-state index in [1.54, 1.807) is 27.4 Å². The highest BCUT2D eigenvalue weighted by Crippen LogP contribution is 2.30. The minimum absolute atomic E-state index is 0.206. The van der Waals surface area contributed by atoms with Crippen LogP contribution in [0.2, 0.25) is 0 Å². The van der Waals surface area contributed by atoms with Gasteiger partial charge in [0.1, 0.15) is 11.5 Å². The van der Waals surface area contributed by atoms with E-state index in [1.807, 2.05) is 30.3 Å². The third-order valence-electron chi connectivity index (χ3n) is 5.17. The van der Waals surface area contributed by atoms with Crippen LogP contribution in [0.25, 0.3) is 0 Å². The number of phenolic OH excluding ortho intramolecular Hbond substituents is 1. The molecule has 2 aromatic rings. The van der Waals surface area contributed by atoms with Crippen molar-refractivity contribution >= 4 is 0 Å². The summed E-state index contributed by atoms with van der Waals surface area (Å²) in [5.74, 6) is 2.61. The molecule has 1 N–H and O–H groups in total. The van der Waals surface area contributed by atoms with E-state index in [9.17, 15) is 5.11 Å². The minimum Gasteiger partial charge on any atom is -0.504 e. The molecule has 0 spiro atoms. The van der Waals surface area contributed by atoms with E-state index in [2.05, 4.69) is 0 Å². The normalized spacial score (nSPS) is 10.7. The van der Waals surface area contributed by atoms with Crippen molar-refractivity contribution in [3.8, 4) is 23.0 Å². The van der Waals surface area contributed by atoms with Crippen molar-refractivity contribution in [2.45, 2.75) is 57.8 Å². The summed E-state index contributed by atoms with van der Waals surface area (Å²) < 4.78 is 16.1. The number of benzene rings is 2. The van der Waals surface area contributed by atoms with Crippen LogP contribution in [0.3, 0.4) is 0 Å². The second-order valence-electron chi connectivity index (χ2n) is 7.12. The zero-order valence-electron chi connectivity index (χ0n) is 17.5. The van der Waals surface area contributed by atoms with Gasteiger partial charge in [0.05, 0.1) is 21.3 Å². The average Bonchev–Trinajstić information content (AvgIpc) is 2.73. The lowest BCUT2D eigenvalue weighted by atomic mass is 10.0. The molecule has 0 fully saturated rings. The highest BCUT2D eigenvalue weighted by atomic mass is 16.5. The molecule has 0 heterocycles. The SMILES string of the molecule is COc1cc(CCCCCCCCCc2c(OC)cccc2OC)ccc1O. The molecule has 0 saturated carbocycles. The molecule has 0 bridgehead atoms. The number of aromatic hydroxyl groups is 1. The van der Waals surface area contributed by atoms with E-state index < -0.39 is 0 Å². The molecule has 0 aliphatic heterocycles. The van der Waals surface area contributed by atoms with E-state index in [1.165, 1.54) is 49.7 Å². The number of hydrogen-bond donors (Lipinski definition) is 1. The van der Waals surface area contributed by atoms with Gasteiger partial charge in [0.2, 0.25) is 0 Å². The maximum Gasteiger partial charge on any atom is 0.160 e. The molecule has 2 rings (SSSR count). The number of rotatable bonds is 13. The largest absolute Gasteiger partial charge is 0.504 e. The molecule has 0 aromatic heterocycles. The first-order chi connectivity index (χ1) is 13.7. The first-order valence-electron chi connectivity index (χ1n) is 10.2. The van der Waals surface area contributed by atoms with Crippen LogP contribution in [0.15, 0.2) is 36.4 Å². The Morgan fingerprint density at radius 3 is 1.75 bits per heavy atom. The Balaban J connectivity index is 1.58. The second kappa shape index (κ2) is 12.2. The van der Waals surface area contributed by atoms with Gasteiger partial charge in [-0.05, 0) is 55.5 Å². The van der Waals surface area contributed by atoms with Crippen molar-refractivity contribution in [3.05, 3.63) is 47.5 Å². The number of aryl methyl sites for hydroxylation is 1. The fourth-order valence-corrected chi connectivity index (χ4v) is 3.57. The van der Waals surface area contributed by atoms with Gasteiger partial charge in [-0.25, -0.2) is 0 Å². The second-order valence-corrected chi connectivity index (χ2v) is 7.12. The molecular weight excluding hydrogens is 352 g/mol. The zero-order valence-corrected chi connectivity index (χ0v) is 17.5. The lowest BCUT2D eigenvalue weighted by Crippen LogP contribution is -1.97. The number of ether oxygens (including phenoxy) is 3. The topological polar surface area (TPSA) is 47.9 Å². The van der Waals surface area contributed by atoms with Crippen molar-refractivity contribution in [2.75, 3.05) is 21.3 Å². The Labute approximate surface area is 169 Å². The van der Waals surface area contributed by atoms with Gasteiger partial charge >= 0.3 is 0 Å². The lowest BCUT2D eigenvalue weighted by Gasteiger charge is -2.12. The summed E-state index contributed by atoms with van der Waals surface area (Å²) in [5, 5.41) is 9.64. The van der Waals surface area contributed by atoms with E-state index in [4.69, 9.17) is 14.2 Å².